The summed E-state index contributed by atoms with van der Waals surface area (Å²) in [6.07, 6.45) is 7.17. The van der Waals surface area contributed by atoms with Crippen LogP contribution >= 0.6 is 0 Å². The van der Waals surface area contributed by atoms with E-state index in [-0.39, 0.29) is 0 Å². The van der Waals surface area contributed by atoms with E-state index in [1.54, 1.807) is 12.2 Å². The Morgan fingerprint density at radius 1 is 0.500 bits per heavy atom. The summed E-state index contributed by atoms with van der Waals surface area (Å²) in [5.41, 5.74) is 2.35. The van der Waals surface area contributed by atoms with Crippen LogP contribution < -0.4 is 0 Å². The van der Waals surface area contributed by atoms with E-state index in [9.17, 15) is 0 Å². The van der Waals surface area contributed by atoms with Crippen molar-refractivity contribution in [3.8, 4) is 0 Å². The van der Waals surface area contributed by atoms with Gasteiger partial charge in [-0.1, -0.05) is 98.1 Å². The van der Waals surface area contributed by atoms with Crippen LogP contribution in [0.5, 0.6) is 0 Å². The van der Waals surface area contributed by atoms with Gasteiger partial charge in [0.15, 0.2) is 0 Å². The quantitative estimate of drug-likeness (QED) is 0.476. The van der Waals surface area contributed by atoms with Gasteiger partial charge in [0.25, 0.3) is 0 Å². The minimum Gasteiger partial charge on any atom is -0.106 e. The van der Waals surface area contributed by atoms with Gasteiger partial charge in [0.1, 0.15) is 0 Å². The molecule has 0 saturated carbocycles. The standard InChI is InChI=1S/2C8H8.2C3H6.2C2H4/c2*1-2-8-6-4-3-5-7-8;2*1-3-2;2*1-2/h2*2-7H,1H2;2*3H,1H2,2H3;2*1-2H2. The Hall–Kier alpha value is -3.12. The predicted molar refractivity (Wildman–Crippen MR) is 127 cm³/mol. The molecule has 2 rings (SSSR count). The van der Waals surface area contributed by atoms with E-state index in [2.05, 4.69) is 52.6 Å². The van der Waals surface area contributed by atoms with Crippen LogP contribution in [0, 0.1) is 0 Å². The fourth-order valence-electron chi connectivity index (χ4n) is 1.18. The fraction of sp³-hybridized carbons (Fsp3) is 0.0769. The second-order valence-electron chi connectivity index (χ2n) is 4.05. The highest BCUT2D eigenvalue weighted by Gasteiger charge is 1.76. The Labute approximate surface area is 162 Å². The molecule has 0 heteroatoms. The highest BCUT2D eigenvalue weighted by atomic mass is 13.8. The van der Waals surface area contributed by atoms with Crippen molar-refractivity contribution in [3.05, 3.63) is 137 Å². The van der Waals surface area contributed by atoms with Gasteiger partial charge in [0.05, 0.1) is 0 Å². The number of rotatable bonds is 2. The molecule has 0 fully saturated rings. The number of hydrogen-bond acceptors (Lipinski definition) is 0. The average Bonchev–Trinajstić information content (AvgIpc) is 2.74. The lowest BCUT2D eigenvalue weighted by atomic mass is 10.2. The lowest BCUT2D eigenvalue weighted by molar-refractivity contribution is 1.67. The van der Waals surface area contributed by atoms with Crippen molar-refractivity contribution in [2.24, 2.45) is 0 Å². The molecule has 0 radical (unpaired) electrons. The van der Waals surface area contributed by atoms with E-state index in [0.717, 1.165) is 0 Å². The van der Waals surface area contributed by atoms with Crippen LogP contribution in [-0.4, -0.2) is 0 Å². The van der Waals surface area contributed by atoms with Crippen LogP contribution in [0.15, 0.2) is 125 Å². The molecule has 0 aliphatic carbocycles. The molecule has 140 valence electrons. The van der Waals surface area contributed by atoms with Crippen LogP contribution in [0.1, 0.15) is 25.0 Å². The van der Waals surface area contributed by atoms with E-state index < -0.39 is 0 Å². The van der Waals surface area contributed by atoms with Crippen LogP contribution in [0.3, 0.4) is 0 Å². The first-order valence-electron chi connectivity index (χ1n) is 8.19. The highest BCUT2D eigenvalue weighted by molar-refractivity contribution is 5.46. The van der Waals surface area contributed by atoms with Gasteiger partial charge in [0, 0.05) is 0 Å². The Morgan fingerprint density at radius 2 is 0.692 bits per heavy atom. The molecule has 0 atom stereocenters. The van der Waals surface area contributed by atoms with E-state index in [4.69, 9.17) is 0 Å². The van der Waals surface area contributed by atoms with Gasteiger partial charge in [-0.3, -0.25) is 0 Å². The van der Waals surface area contributed by atoms with Crippen LogP contribution in [-0.2, 0) is 0 Å². The van der Waals surface area contributed by atoms with E-state index in [1.807, 2.05) is 86.7 Å². The van der Waals surface area contributed by atoms with Crippen molar-refractivity contribution in [3.63, 3.8) is 0 Å². The highest BCUT2D eigenvalue weighted by Crippen LogP contribution is 1.98. The Bertz CT molecular complexity index is 469. The van der Waals surface area contributed by atoms with Crippen molar-refractivity contribution >= 4 is 12.2 Å². The number of hydrogen-bond donors (Lipinski definition) is 0. The summed E-state index contributed by atoms with van der Waals surface area (Å²) in [5.74, 6) is 0. The van der Waals surface area contributed by atoms with Gasteiger partial charge in [-0.15, -0.1) is 39.5 Å². The molecular weight excluding hydrogens is 312 g/mol. The lowest BCUT2D eigenvalue weighted by Gasteiger charge is -1.85. The number of benzene rings is 2. The van der Waals surface area contributed by atoms with E-state index in [0.29, 0.717) is 0 Å². The van der Waals surface area contributed by atoms with Crippen molar-refractivity contribution in [1.29, 1.82) is 0 Å². The third-order valence-electron chi connectivity index (χ3n) is 2.07. The molecule has 0 unspecified atom stereocenters. The summed E-state index contributed by atoms with van der Waals surface area (Å²) in [6.45, 7) is 29.8. The second kappa shape index (κ2) is 33.5. The van der Waals surface area contributed by atoms with E-state index in [1.165, 1.54) is 11.1 Å². The van der Waals surface area contributed by atoms with Crippen LogP contribution in [0.25, 0.3) is 12.2 Å². The zero-order valence-electron chi connectivity index (χ0n) is 16.7. The Morgan fingerprint density at radius 3 is 0.808 bits per heavy atom. The molecular formula is C26H36. The topological polar surface area (TPSA) is 0 Å². The van der Waals surface area contributed by atoms with Crippen LogP contribution in [0.2, 0.25) is 0 Å². The molecule has 0 heterocycles. The third kappa shape index (κ3) is 29.0. The van der Waals surface area contributed by atoms with Gasteiger partial charge in [-0.2, -0.15) is 0 Å². The molecule has 0 aliphatic heterocycles. The molecule has 0 N–H and O–H groups in total. The van der Waals surface area contributed by atoms with Gasteiger partial charge in [-0.05, 0) is 25.0 Å². The summed E-state index contributed by atoms with van der Waals surface area (Å²) >= 11 is 0. The van der Waals surface area contributed by atoms with E-state index >= 15 is 0 Å². The van der Waals surface area contributed by atoms with Gasteiger partial charge >= 0.3 is 0 Å². The summed E-state index contributed by atoms with van der Waals surface area (Å²) in [4.78, 5) is 0. The first kappa shape index (κ1) is 30.7. The SMILES string of the molecule is C=C.C=C.C=CC.C=CC.C=Cc1ccccc1.C=Cc1ccccc1. The second-order valence-corrected chi connectivity index (χ2v) is 4.05. The molecule has 0 aromatic heterocycles. The van der Waals surface area contributed by atoms with Crippen molar-refractivity contribution < 1.29 is 0 Å². The molecule has 0 amide bonds. The minimum atomic E-state index is 1.17. The van der Waals surface area contributed by atoms with Crippen LogP contribution in [0.4, 0.5) is 0 Å². The maximum atomic E-state index is 3.63. The number of allylic oxidation sites excluding steroid dienone is 2. The van der Waals surface area contributed by atoms with Gasteiger partial charge in [0.2, 0.25) is 0 Å². The third-order valence-corrected chi connectivity index (χ3v) is 2.07. The minimum absolute atomic E-state index is 1.17. The maximum absolute atomic E-state index is 3.63. The summed E-state index contributed by atoms with van der Waals surface area (Å²) in [7, 11) is 0. The maximum Gasteiger partial charge on any atom is -0.0263 e. The monoisotopic (exact) mass is 348 g/mol. The summed E-state index contributed by atoms with van der Waals surface area (Å²) in [6, 6.07) is 20.1. The van der Waals surface area contributed by atoms with Gasteiger partial charge in [-0.25, -0.2) is 0 Å². The predicted octanol–water partition coefficient (Wildman–Crippen LogP) is 8.65. The fourth-order valence-corrected chi connectivity index (χ4v) is 1.18. The molecule has 0 nitrogen and oxygen atoms in total. The molecule has 0 spiro atoms. The largest absolute Gasteiger partial charge is 0.106 e. The van der Waals surface area contributed by atoms with Crippen molar-refractivity contribution in [2.75, 3.05) is 0 Å². The molecule has 0 bridgehead atoms. The zero-order chi connectivity index (χ0) is 21.1. The lowest BCUT2D eigenvalue weighted by Crippen LogP contribution is -1.63. The summed E-state index contributed by atoms with van der Waals surface area (Å²) in [5, 5.41) is 0. The van der Waals surface area contributed by atoms with Gasteiger partial charge < -0.3 is 0 Å². The smallest absolute Gasteiger partial charge is 0.0263 e. The Kier molecular flexibility index (Phi) is 39.6. The molecule has 2 aromatic rings. The average molecular weight is 349 g/mol. The molecule has 2 aromatic carbocycles. The first-order chi connectivity index (χ1) is 12.7. The molecule has 26 heavy (non-hydrogen) atoms. The Balaban J connectivity index is -0.000000126. The summed E-state index contributed by atoms with van der Waals surface area (Å²) < 4.78 is 0. The van der Waals surface area contributed by atoms with Crippen molar-refractivity contribution in [1.82, 2.24) is 0 Å². The van der Waals surface area contributed by atoms with Crippen molar-refractivity contribution in [2.45, 2.75) is 13.8 Å². The first-order valence-corrected chi connectivity index (χ1v) is 8.19. The molecule has 0 aliphatic rings. The normalized spacial score (nSPS) is 6.54. The molecule has 0 saturated heterocycles. The zero-order valence-corrected chi connectivity index (χ0v) is 16.7.